The third-order valence-corrected chi connectivity index (χ3v) is 4.95. The summed E-state index contributed by atoms with van der Waals surface area (Å²) in [4.78, 5) is 0. The van der Waals surface area contributed by atoms with Crippen molar-refractivity contribution >= 4 is 11.8 Å². The number of rotatable bonds is 4. The summed E-state index contributed by atoms with van der Waals surface area (Å²) in [5.41, 5.74) is 8.20. The van der Waals surface area contributed by atoms with E-state index in [1.807, 2.05) is 24.8 Å². The second kappa shape index (κ2) is 5.87. The van der Waals surface area contributed by atoms with Gasteiger partial charge in [-0.05, 0) is 43.0 Å². The summed E-state index contributed by atoms with van der Waals surface area (Å²) in [6.07, 6.45) is 5.34. The van der Waals surface area contributed by atoms with Gasteiger partial charge in [-0.2, -0.15) is 11.8 Å². The second-order valence-corrected chi connectivity index (χ2v) is 6.18. The third-order valence-electron chi connectivity index (χ3n) is 3.45. The standard InChI is InChI=1S/C14H20FNS/c1-10-6-7-11(15)8-13(10)14(16)9-17-12-4-2-3-5-12/h6-8,12,14H,2-5,9,16H2,1H3. The quantitative estimate of drug-likeness (QED) is 0.883. The van der Waals surface area contributed by atoms with Crippen LogP contribution in [0.3, 0.4) is 0 Å². The van der Waals surface area contributed by atoms with Crippen molar-refractivity contribution in [2.45, 2.75) is 43.9 Å². The minimum atomic E-state index is -0.188. The van der Waals surface area contributed by atoms with E-state index < -0.39 is 0 Å². The van der Waals surface area contributed by atoms with Crippen molar-refractivity contribution in [1.29, 1.82) is 0 Å². The van der Waals surface area contributed by atoms with Crippen LogP contribution < -0.4 is 5.73 Å². The lowest BCUT2D eigenvalue weighted by Gasteiger charge is -2.17. The lowest BCUT2D eigenvalue weighted by atomic mass is 10.0. The van der Waals surface area contributed by atoms with E-state index in [2.05, 4.69) is 0 Å². The molecule has 1 saturated carbocycles. The molecule has 0 spiro atoms. The fourth-order valence-corrected chi connectivity index (χ4v) is 3.72. The third kappa shape index (κ3) is 3.46. The average molecular weight is 253 g/mol. The van der Waals surface area contributed by atoms with Crippen LogP contribution in [0.5, 0.6) is 0 Å². The number of aryl methyl sites for hydroxylation is 1. The summed E-state index contributed by atoms with van der Waals surface area (Å²) in [5.74, 6) is 0.710. The molecule has 0 heterocycles. The molecule has 0 saturated heterocycles. The topological polar surface area (TPSA) is 26.0 Å². The van der Waals surface area contributed by atoms with E-state index in [4.69, 9.17) is 5.73 Å². The SMILES string of the molecule is Cc1ccc(F)cc1C(N)CSC1CCCC1. The van der Waals surface area contributed by atoms with Crippen LogP contribution in [-0.4, -0.2) is 11.0 Å². The molecule has 1 aliphatic rings. The van der Waals surface area contributed by atoms with Crippen molar-refractivity contribution in [2.24, 2.45) is 5.73 Å². The second-order valence-electron chi connectivity index (χ2n) is 4.85. The molecule has 0 radical (unpaired) electrons. The normalized spacial score (nSPS) is 18.5. The highest BCUT2D eigenvalue weighted by molar-refractivity contribution is 7.99. The van der Waals surface area contributed by atoms with Crippen LogP contribution in [-0.2, 0) is 0 Å². The maximum absolute atomic E-state index is 13.2. The fourth-order valence-electron chi connectivity index (χ4n) is 2.40. The number of hydrogen-bond donors (Lipinski definition) is 1. The van der Waals surface area contributed by atoms with Crippen LogP contribution in [0.4, 0.5) is 4.39 Å². The summed E-state index contributed by atoms with van der Waals surface area (Å²) in [7, 11) is 0. The van der Waals surface area contributed by atoms with Crippen molar-refractivity contribution in [1.82, 2.24) is 0 Å². The van der Waals surface area contributed by atoms with Gasteiger partial charge in [-0.25, -0.2) is 4.39 Å². The minimum Gasteiger partial charge on any atom is -0.323 e. The largest absolute Gasteiger partial charge is 0.323 e. The lowest BCUT2D eigenvalue weighted by molar-refractivity contribution is 0.621. The Morgan fingerprint density at radius 2 is 2.12 bits per heavy atom. The van der Waals surface area contributed by atoms with Crippen LogP contribution in [0.1, 0.15) is 42.9 Å². The molecule has 1 aromatic carbocycles. The Morgan fingerprint density at radius 3 is 2.82 bits per heavy atom. The minimum absolute atomic E-state index is 0.0451. The van der Waals surface area contributed by atoms with Crippen molar-refractivity contribution in [3.63, 3.8) is 0 Å². The highest BCUT2D eigenvalue weighted by atomic mass is 32.2. The van der Waals surface area contributed by atoms with Gasteiger partial charge in [0.15, 0.2) is 0 Å². The van der Waals surface area contributed by atoms with Crippen LogP contribution in [0.25, 0.3) is 0 Å². The maximum atomic E-state index is 13.2. The highest BCUT2D eigenvalue weighted by Gasteiger charge is 2.18. The Bertz CT molecular complexity index is 374. The summed E-state index contributed by atoms with van der Waals surface area (Å²) in [5, 5.41) is 0.773. The molecule has 2 rings (SSSR count). The summed E-state index contributed by atoms with van der Waals surface area (Å²) < 4.78 is 13.2. The molecular formula is C14H20FNS. The molecule has 0 aromatic heterocycles. The lowest BCUT2D eigenvalue weighted by Crippen LogP contribution is -2.16. The van der Waals surface area contributed by atoms with Gasteiger partial charge < -0.3 is 5.73 Å². The molecule has 1 unspecified atom stereocenters. The number of hydrogen-bond acceptors (Lipinski definition) is 2. The van der Waals surface area contributed by atoms with Crippen molar-refractivity contribution < 1.29 is 4.39 Å². The molecule has 0 amide bonds. The molecule has 1 aliphatic carbocycles. The first kappa shape index (κ1) is 12.9. The predicted octanol–water partition coefficient (Wildman–Crippen LogP) is 3.81. The Balaban J connectivity index is 1.93. The predicted molar refractivity (Wildman–Crippen MR) is 72.8 cm³/mol. The van der Waals surface area contributed by atoms with E-state index in [0.29, 0.717) is 0 Å². The first-order valence-electron chi connectivity index (χ1n) is 6.30. The van der Waals surface area contributed by atoms with E-state index >= 15 is 0 Å². The van der Waals surface area contributed by atoms with Crippen LogP contribution in [0.15, 0.2) is 18.2 Å². The van der Waals surface area contributed by atoms with Crippen molar-refractivity contribution in [2.75, 3.05) is 5.75 Å². The zero-order valence-corrected chi connectivity index (χ0v) is 11.1. The Labute approximate surface area is 107 Å². The molecule has 1 nitrogen and oxygen atoms in total. The monoisotopic (exact) mass is 253 g/mol. The Hall–Kier alpha value is -0.540. The molecule has 1 fully saturated rings. The zero-order valence-electron chi connectivity index (χ0n) is 10.3. The van der Waals surface area contributed by atoms with Gasteiger partial charge in [-0.3, -0.25) is 0 Å². The number of benzene rings is 1. The van der Waals surface area contributed by atoms with Crippen LogP contribution in [0.2, 0.25) is 0 Å². The van der Waals surface area contributed by atoms with Gasteiger partial charge in [0, 0.05) is 17.0 Å². The van der Waals surface area contributed by atoms with Crippen LogP contribution >= 0.6 is 11.8 Å². The fraction of sp³-hybridized carbons (Fsp3) is 0.571. The molecule has 3 heteroatoms. The number of nitrogens with two attached hydrogens (primary N) is 1. The Kier molecular flexibility index (Phi) is 4.46. The van der Waals surface area contributed by atoms with E-state index in [1.165, 1.54) is 31.7 Å². The summed E-state index contributed by atoms with van der Waals surface area (Å²) >= 11 is 1.95. The summed E-state index contributed by atoms with van der Waals surface area (Å²) in [6, 6.07) is 4.84. The van der Waals surface area contributed by atoms with Gasteiger partial charge in [-0.1, -0.05) is 18.9 Å². The molecule has 94 valence electrons. The van der Waals surface area contributed by atoms with E-state index in [0.717, 1.165) is 22.1 Å². The van der Waals surface area contributed by atoms with E-state index in [9.17, 15) is 4.39 Å². The van der Waals surface area contributed by atoms with E-state index in [1.54, 1.807) is 6.07 Å². The first-order valence-corrected chi connectivity index (χ1v) is 7.35. The molecule has 17 heavy (non-hydrogen) atoms. The first-order chi connectivity index (χ1) is 8.16. The maximum Gasteiger partial charge on any atom is 0.123 e. The van der Waals surface area contributed by atoms with Gasteiger partial charge in [0.2, 0.25) is 0 Å². The van der Waals surface area contributed by atoms with Gasteiger partial charge >= 0.3 is 0 Å². The molecule has 2 N–H and O–H groups in total. The van der Waals surface area contributed by atoms with Gasteiger partial charge in [0.25, 0.3) is 0 Å². The summed E-state index contributed by atoms with van der Waals surface area (Å²) in [6.45, 7) is 1.99. The Morgan fingerprint density at radius 1 is 1.41 bits per heavy atom. The van der Waals surface area contributed by atoms with Crippen LogP contribution in [0, 0.1) is 12.7 Å². The van der Waals surface area contributed by atoms with Gasteiger partial charge in [0.05, 0.1) is 0 Å². The molecule has 0 bridgehead atoms. The average Bonchev–Trinajstić information content (AvgIpc) is 2.82. The van der Waals surface area contributed by atoms with Gasteiger partial charge in [-0.15, -0.1) is 0 Å². The molecule has 1 atom stereocenters. The number of halogens is 1. The highest BCUT2D eigenvalue weighted by Crippen LogP contribution is 2.32. The molecule has 0 aliphatic heterocycles. The van der Waals surface area contributed by atoms with E-state index in [-0.39, 0.29) is 11.9 Å². The zero-order chi connectivity index (χ0) is 12.3. The molecule has 1 aromatic rings. The van der Waals surface area contributed by atoms with Crippen molar-refractivity contribution in [3.8, 4) is 0 Å². The number of thioether (sulfide) groups is 1. The smallest absolute Gasteiger partial charge is 0.123 e. The van der Waals surface area contributed by atoms with Gasteiger partial charge in [0.1, 0.15) is 5.82 Å². The molecular weight excluding hydrogens is 233 g/mol. The van der Waals surface area contributed by atoms with Crippen molar-refractivity contribution in [3.05, 3.63) is 35.1 Å².